The third kappa shape index (κ3) is 5.46. The minimum atomic E-state index is -0.959. The van der Waals surface area contributed by atoms with E-state index in [1.54, 1.807) is 18.3 Å². The number of aromatic nitrogens is 2. The van der Waals surface area contributed by atoms with Gasteiger partial charge in [0.25, 0.3) is 0 Å². The molecule has 1 aliphatic rings. The van der Waals surface area contributed by atoms with E-state index in [-0.39, 0.29) is 30.0 Å². The molecule has 8 nitrogen and oxygen atoms in total. The van der Waals surface area contributed by atoms with Crippen molar-refractivity contribution < 1.29 is 14.7 Å². The number of benzene rings is 2. The molecule has 5 rings (SSSR count). The molecule has 0 bridgehead atoms. The summed E-state index contributed by atoms with van der Waals surface area (Å²) in [5.74, 6) is -1.04. The fraction of sp³-hybridized carbons (Fsp3) is 0.226. The Bertz CT molecular complexity index is 1570. The molecule has 2 aromatic heterocycles. The van der Waals surface area contributed by atoms with Crippen LogP contribution in [0.4, 0.5) is 5.69 Å². The number of hydrogen-bond donors (Lipinski definition) is 3. The zero-order valence-corrected chi connectivity index (χ0v) is 23.4. The molecule has 0 spiro atoms. The minimum Gasteiger partial charge on any atom is -0.478 e. The molecule has 0 radical (unpaired) electrons. The van der Waals surface area contributed by atoms with Crippen molar-refractivity contribution in [1.82, 2.24) is 19.8 Å². The van der Waals surface area contributed by atoms with E-state index in [9.17, 15) is 14.7 Å². The fourth-order valence-electron chi connectivity index (χ4n) is 5.39. The average Bonchev–Trinajstić information content (AvgIpc) is 3.42. The van der Waals surface area contributed by atoms with Crippen molar-refractivity contribution in [1.29, 1.82) is 0 Å². The molecule has 40 heavy (non-hydrogen) atoms. The molecular weight excluding hydrogens is 522 g/mol. The highest BCUT2D eigenvalue weighted by atomic mass is 32.1. The third-order valence-electron chi connectivity index (χ3n) is 7.24. The SMILES string of the molecule is Cc1cccc(NC(=O)CCN2C(=S)N[C@H](c3ccccn3)[C@@H]2c2cc(C)n(-c3ccc(C(=O)O)cc3)c2C)c1. The molecule has 0 unspecified atom stereocenters. The average molecular weight is 554 g/mol. The maximum Gasteiger partial charge on any atom is 0.335 e. The molecule has 1 aliphatic heterocycles. The molecule has 0 saturated carbocycles. The summed E-state index contributed by atoms with van der Waals surface area (Å²) < 4.78 is 2.11. The second-order valence-electron chi connectivity index (χ2n) is 10.0. The molecule has 1 saturated heterocycles. The summed E-state index contributed by atoms with van der Waals surface area (Å²) in [6.07, 6.45) is 2.03. The summed E-state index contributed by atoms with van der Waals surface area (Å²) in [5, 5.41) is 16.3. The van der Waals surface area contributed by atoms with Crippen molar-refractivity contribution in [3.05, 3.63) is 113 Å². The molecule has 0 aliphatic carbocycles. The number of amides is 1. The lowest BCUT2D eigenvalue weighted by molar-refractivity contribution is -0.116. The van der Waals surface area contributed by atoms with Gasteiger partial charge in [0.05, 0.1) is 23.3 Å². The highest BCUT2D eigenvalue weighted by Gasteiger charge is 2.41. The molecule has 2 atom stereocenters. The molecule has 9 heteroatoms. The number of aromatic carboxylic acids is 1. The fourth-order valence-corrected chi connectivity index (χ4v) is 5.72. The zero-order valence-electron chi connectivity index (χ0n) is 22.6. The molecule has 3 N–H and O–H groups in total. The first-order valence-electron chi connectivity index (χ1n) is 13.1. The maximum absolute atomic E-state index is 12.9. The second kappa shape index (κ2) is 11.3. The van der Waals surface area contributed by atoms with Crippen LogP contribution in [-0.2, 0) is 4.79 Å². The minimum absolute atomic E-state index is 0.0857. The molecule has 2 aromatic carbocycles. The predicted molar refractivity (Wildman–Crippen MR) is 159 cm³/mol. The van der Waals surface area contributed by atoms with Gasteiger partial charge in [-0.15, -0.1) is 0 Å². The Hall–Kier alpha value is -4.50. The first-order chi connectivity index (χ1) is 19.2. The number of carbonyl (C=O) groups is 2. The van der Waals surface area contributed by atoms with Crippen LogP contribution in [0.25, 0.3) is 5.69 Å². The Morgan fingerprint density at radius 2 is 1.80 bits per heavy atom. The van der Waals surface area contributed by atoms with E-state index in [0.717, 1.165) is 39.6 Å². The van der Waals surface area contributed by atoms with E-state index in [1.807, 2.05) is 75.4 Å². The molecule has 1 amide bonds. The summed E-state index contributed by atoms with van der Waals surface area (Å²) >= 11 is 5.80. The van der Waals surface area contributed by atoms with Crippen molar-refractivity contribution in [3.8, 4) is 5.69 Å². The van der Waals surface area contributed by atoms with Crippen molar-refractivity contribution in [2.24, 2.45) is 0 Å². The van der Waals surface area contributed by atoms with Crippen molar-refractivity contribution >= 4 is 34.9 Å². The van der Waals surface area contributed by atoms with Crippen molar-refractivity contribution in [2.45, 2.75) is 39.3 Å². The van der Waals surface area contributed by atoms with Crippen LogP contribution in [0.5, 0.6) is 0 Å². The van der Waals surface area contributed by atoms with E-state index in [4.69, 9.17) is 12.2 Å². The smallest absolute Gasteiger partial charge is 0.335 e. The Balaban J connectivity index is 1.47. The number of carboxylic acid groups (broad SMARTS) is 1. The lowest BCUT2D eigenvalue weighted by atomic mass is 9.96. The van der Waals surface area contributed by atoms with Gasteiger partial charge in [-0.25, -0.2) is 4.79 Å². The lowest BCUT2D eigenvalue weighted by Crippen LogP contribution is -2.32. The number of rotatable bonds is 8. The molecular formula is C31H31N5O3S. The number of thiocarbonyl (C=S) groups is 1. The number of aryl methyl sites for hydroxylation is 2. The topological polar surface area (TPSA) is 99.5 Å². The molecule has 204 valence electrons. The summed E-state index contributed by atoms with van der Waals surface area (Å²) in [5.41, 5.74) is 6.89. The van der Waals surface area contributed by atoms with Gasteiger partial charge in [0, 0.05) is 41.9 Å². The van der Waals surface area contributed by atoms with Crippen LogP contribution in [0, 0.1) is 20.8 Å². The number of carboxylic acids is 1. The quantitative estimate of drug-likeness (QED) is 0.248. The van der Waals surface area contributed by atoms with Crippen LogP contribution in [0.15, 0.2) is 79.0 Å². The second-order valence-corrected chi connectivity index (χ2v) is 10.4. The van der Waals surface area contributed by atoms with Gasteiger partial charge in [-0.3, -0.25) is 9.78 Å². The van der Waals surface area contributed by atoms with Crippen LogP contribution in [0.2, 0.25) is 0 Å². The Morgan fingerprint density at radius 3 is 2.48 bits per heavy atom. The molecule has 1 fully saturated rings. The normalized spacial score (nSPS) is 16.6. The van der Waals surface area contributed by atoms with Crippen molar-refractivity contribution in [2.75, 3.05) is 11.9 Å². The first-order valence-corrected chi connectivity index (χ1v) is 13.5. The van der Waals surface area contributed by atoms with Gasteiger partial charge in [0.2, 0.25) is 5.91 Å². The van der Waals surface area contributed by atoms with E-state index in [0.29, 0.717) is 11.7 Å². The van der Waals surface area contributed by atoms with E-state index < -0.39 is 5.97 Å². The van der Waals surface area contributed by atoms with Gasteiger partial charge < -0.3 is 25.2 Å². The standard InChI is InChI=1S/C31H31N5O3S/c1-19-7-6-8-23(17-19)33-27(37)14-16-35-29(28(34-31(35)40)26-9-4-5-15-32-26)25-18-20(2)36(21(25)3)24-12-10-22(11-13-24)30(38)39/h4-13,15,17-18,28-29H,14,16H2,1-3H3,(H,33,37)(H,34,40)(H,38,39)/t28-,29+/m1/s1. The third-order valence-corrected chi connectivity index (χ3v) is 7.59. The summed E-state index contributed by atoms with van der Waals surface area (Å²) in [6, 6.07) is 22.1. The van der Waals surface area contributed by atoms with E-state index >= 15 is 0 Å². The number of anilines is 1. The Labute approximate surface area is 238 Å². The van der Waals surface area contributed by atoms with Crippen molar-refractivity contribution in [3.63, 3.8) is 0 Å². The largest absolute Gasteiger partial charge is 0.478 e. The Morgan fingerprint density at radius 1 is 1.02 bits per heavy atom. The van der Waals surface area contributed by atoms with Gasteiger partial charge in [-0.1, -0.05) is 18.2 Å². The van der Waals surface area contributed by atoms with Crippen LogP contribution >= 0.6 is 12.2 Å². The first kappa shape index (κ1) is 27.1. The number of nitrogens with one attached hydrogen (secondary N) is 2. The summed E-state index contributed by atoms with van der Waals surface area (Å²) in [6.45, 7) is 6.49. The van der Waals surface area contributed by atoms with Gasteiger partial charge >= 0.3 is 5.97 Å². The number of carbonyl (C=O) groups excluding carboxylic acids is 1. The summed E-state index contributed by atoms with van der Waals surface area (Å²) in [4.78, 5) is 31.0. The highest BCUT2D eigenvalue weighted by molar-refractivity contribution is 7.80. The van der Waals surface area contributed by atoms with E-state index in [2.05, 4.69) is 31.2 Å². The van der Waals surface area contributed by atoms with Crippen LogP contribution < -0.4 is 10.6 Å². The predicted octanol–water partition coefficient (Wildman–Crippen LogP) is 5.50. The number of nitrogens with zero attached hydrogens (tertiary/aromatic N) is 3. The monoisotopic (exact) mass is 553 g/mol. The number of hydrogen-bond acceptors (Lipinski definition) is 4. The summed E-state index contributed by atoms with van der Waals surface area (Å²) in [7, 11) is 0. The van der Waals surface area contributed by atoms with Crippen LogP contribution in [-0.4, -0.2) is 43.1 Å². The van der Waals surface area contributed by atoms with Crippen LogP contribution in [0.1, 0.15) is 57.1 Å². The lowest BCUT2D eigenvalue weighted by Gasteiger charge is -2.28. The van der Waals surface area contributed by atoms with Gasteiger partial charge in [0.1, 0.15) is 0 Å². The zero-order chi connectivity index (χ0) is 28.4. The Kier molecular flexibility index (Phi) is 7.66. The molecule has 3 heterocycles. The van der Waals surface area contributed by atoms with Gasteiger partial charge in [-0.2, -0.15) is 0 Å². The van der Waals surface area contributed by atoms with Gasteiger partial charge in [-0.05, 0) is 98.7 Å². The number of pyridine rings is 1. The maximum atomic E-state index is 12.9. The molecule has 4 aromatic rings. The highest BCUT2D eigenvalue weighted by Crippen LogP contribution is 2.41. The van der Waals surface area contributed by atoms with E-state index in [1.165, 1.54) is 0 Å². The van der Waals surface area contributed by atoms with Crippen LogP contribution in [0.3, 0.4) is 0 Å². The van der Waals surface area contributed by atoms with Gasteiger partial charge in [0.15, 0.2) is 5.11 Å².